The van der Waals surface area contributed by atoms with Crippen molar-refractivity contribution in [3.05, 3.63) is 29.3 Å². The van der Waals surface area contributed by atoms with Gasteiger partial charge in [-0.3, -0.25) is 0 Å². The fraction of sp³-hybridized carbons (Fsp3) is 0.526. The van der Waals surface area contributed by atoms with Gasteiger partial charge >= 0.3 is 6.09 Å². The first-order valence-electron chi connectivity index (χ1n) is 9.99. The Hall–Kier alpha value is -2.17. The third-order valence-corrected chi connectivity index (χ3v) is 3.86. The number of hydrogen-bond acceptors (Lipinski definition) is 4. The number of fused-ring (bicyclic) bond motifs is 1. The van der Waals surface area contributed by atoms with Crippen LogP contribution in [0.3, 0.4) is 0 Å². The lowest BCUT2D eigenvalue weighted by molar-refractivity contribution is 0.0270. The van der Waals surface area contributed by atoms with Crippen molar-refractivity contribution < 1.29 is 24.5 Å². The number of aryl methyl sites for hydroxylation is 1. The molecule has 2 heterocycles. The van der Waals surface area contributed by atoms with Crippen LogP contribution in [0, 0.1) is 6.92 Å². The fourth-order valence-electron chi connectivity index (χ4n) is 2.72. The quantitative estimate of drug-likeness (QED) is 0.783. The maximum absolute atomic E-state index is 12.2. The molecule has 0 bridgehead atoms. The molecular formula is C19H25NO4. The molecule has 0 aliphatic carbocycles. The average molecular weight is 335 g/mol. The SMILES string of the molecule is [2H]C1([2H])Oc2cc(C)c(C3=CCN(C(=O)OC(C)(C)C)CC3)cc2OC1([2H])[2H]. The number of carbonyl (C=O) groups excluding carboxylic acids is 1. The normalized spacial score (nSPS) is 24.0. The average Bonchev–Trinajstić information content (AvgIpc) is 2.54. The molecule has 0 spiro atoms. The van der Waals surface area contributed by atoms with Crippen LogP contribution in [-0.2, 0) is 4.74 Å². The van der Waals surface area contributed by atoms with Crippen LogP contribution in [0.1, 0.15) is 43.8 Å². The molecule has 0 N–H and O–H groups in total. The van der Waals surface area contributed by atoms with E-state index >= 15 is 0 Å². The van der Waals surface area contributed by atoms with Gasteiger partial charge in [-0.1, -0.05) is 6.08 Å². The summed E-state index contributed by atoms with van der Waals surface area (Å²) in [7, 11) is 0. The summed E-state index contributed by atoms with van der Waals surface area (Å²) in [5.41, 5.74) is 2.19. The van der Waals surface area contributed by atoms with Crippen LogP contribution in [0.15, 0.2) is 18.2 Å². The van der Waals surface area contributed by atoms with Crippen molar-refractivity contribution in [2.24, 2.45) is 0 Å². The van der Waals surface area contributed by atoms with Crippen molar-refractivity contribution in [1.82, 2.24) is 4.90 Å². The Morgan fingerprint density at radius 1 is 1.25 bits per heavy atom. The number of benzene rings is 1. The summed E-state index contributed by atoms with van der Waals surface area (Å²) in [6, 6.07) is 3.32. The zero-order valence-corrected chi connectivity index (χ0v) is 14.4. The predicted octanol–water partition coefficient (Wildman–Crippen LogP) is 3.79. The van der Waals surface area contributed by atoms with E-state index in [1.165, 1.54) is 0 Å². The first-order valence-corrected chi connectivity index (χ1v) is 7.99. The van der Waals surface area contributed by atoms with E-state index in [1.807, 2.05) is 33.8 Å². The van der Waals surface area contributed by atoms with Crippen LogP contribution in [0.5, 0.6) is 11.5 Å². The van der Waals surface area contributed by atoms with E-state index in [0.29, 0.717) is 19.5 Å². The zero-order chi connectivity index (χ0) is 20.9. The predicted molar refractivity (Wildman–Crippen MR) is 92.6 cm³/mol. The molecule has 130 valence electrons. The molecule has 1 aromatic rings. The molecule has 0 fully saturated rings. The van der Waals surface area contributed by atoms with Crippen molar-refractivity contribution >= 4 is 11.7 Å². The molecule has 0 atom stereocenters. The van der Waals surface area contributed by atoms with Gasteiger partial charge in [-0.25, -0.2) is 4.79 Å². The number of hydrogen-bond donors (Lipinski definition) is 0. The monoisotopic (exact) mass is 335 g/mol. The minimum absolute atomic E-state index is 0.163. The van der Waals surface area contributed by atoms with E-state index in [2.05, 4.69) is 0 Å². The highest BCUT2D eigenvalue weighted by Gasteiger charge is 2.25. The van der Waals surface area contributed by atoms with Crippen molar-refractivity contribution in [3.8, 4) is 11.5 Å². The van der Waals surface area contributed by atoms with Gasteiger partial charge in [-0.05, 0) is 62.9 Å². The van der Waals surface area contributed by atoms with E-state index in [-0.39, 0.29) is 17.6 Å². The van der Waals surface area contributed by atoms with Gasteiger partial charge in [0.05, 0.1) is 5.48 Å². The smallest absolute Gasteiger partial charge is 0.410 e. The molecule has 24 heavy (non-hydrogen) atoms. The number of amides is 1. The third-order valence-electron chi connectivity index (χ3n) is 3.86. The van der Waals surface area contributed by atoms with Gasteiger partial charge in [-0.15, -0.1) is 0 Å². The molecule has 0 unspecified atom stereocenters. The van der Waals surface area contributed by atoms with Crippen molar-refractivity contribution in [3.63, 3.8) is 0 Å². The first kappa shape index (κ1) is 12.2. The maximum atomic E-state index is 12.2. The molecule has 2 aliphatic rings. The van der Waals surface area contributed by atoms with Crippen molar-refractivity contribution in [2.45, 2.75) is 39.7 Å². The highest BCUT2D eigenvalue weighted by atomic mass is 16.6. The maximum Gasteiger partial charge on any atom is 0.410 e. The molecule has 3 rings (SSSR count). The molecule has 2 aliphatic heterocycles. The van der Waals surface area contributed by atoms with Gasteiger partial charge in [-0.2, -0.15) is 0 Å². The summed E-state index contributed by atoms with van der Waals surface area (Å²) in [6.45, 7) is 3.12. The van der Waals surface area contributed by atoms with E-state index in [1.54, 1.807) is 17.0 Å². The number of ether oxygens (including phenoxy) is 3. The highest BCUT2D eigenvalue weighted by Crippen LogP contribution is 2.37. The second kappa shape index (κ2) is 6.38. The van der Waals surface area contributed by atoms with Crippen LogP contribution in [0.4, 0.5) is 4.79 Å². The van der Waals surface area contributed by atoms with Gasteiger partial charge in [0.2, 0.25) is 0 Å². The highest BCUT2D eigenvalue weighted by molar-refractivity contribution is 5.75. The molecule has 5 heteroatoms. The van der Waals surface area contributed by atoms with Gasteiger partial charge in [0.1, 0.15) is 18.7 Å². The second-order valence-electron chi connectivity index (χ2n) is 6.93. The Labute approximate surface area is 148 Å². The summed E-state index contributed by atoms with van der Waals surface area (Å²) in [5.74, 6) is 0.337. The molecule has 1 aromatic carbocycles. The van der Waals surface area contributed by atoms with Crippen LogP contribution < -0.4 is 9.47 Å². The molecule has 5 nitrogen and oxygen atoms in total. The lowest BCUT2D eigenvalue weighted by Crippen LogP contribution is -2.39. The number of nitrogens with zero attached hydrogens (tertiary/aromatic N) is 1. The minimum atomic E-state index is -2.60. The first-order chi connectivity index (χ1) is 12.8. The summed E-state index contributed by atoms with van der Waals surface area (Å²) in [4.78, 5) is 13.8. The summed E-state index contributed by atoms with van der Waals surface area (Å²) in [6.07, 6.45) is 2.21. The summed E-state index contributed by atoms with van der Waals surface area (Å²) in [5, 5.41) is 0. The Balaban J connectivity index is 1.82. The van der Waals surface area contributed by atoms with Crippen LogP contribution >= 0.6 is 0 Å². The van der Waals surface area contributed by atoms with Crippen molar-refractivity contribution in [1.29, 1.82) is 0 Å². The van der Waals surface area contributed by atoms with Gasteiger partial charge < -0.3 is 19.1 Å². The Bertz CT molecular complexity index is 830. The largest absolute Gasteiger partial charge is 0.486 e. The summed E-state index contributed by atoms with van der Waals surface area (Å²) < 4.78 is 46.7. The second-order valence-corrected chi connectivity index (χ2v) is 6.93. The summed E-state index contributed by atoms with van der Waals surface area (Å²) >= 11 is 0. The van der Waals surface area contributed by atoms with Gasteiger partial charge in [0, 0.05) is 13.1 Å². The molecular weight excluding hydrogens is 306 g/mol. The topological polar surface area (TPSA) is 48.0 Å². The molecule has 1 amide bonds. The molecule has 0 radical (unpaired) electrons. The third kappa shape index (κ3) is 3.66. The molecule has 0 aromatic heterocycles. The molecule has 0 saturated heterocycles. The van der Waals surface area contributed by atoms with Crippen LogP contribution in [0.25, 0.3) is 5.57 Å². The van der Waals surface area contributed by atoms with Gasteiger partial charge in [0.25, 0.3) is 0 Å². The Kier molecular flexibility index (Phi) is 3.25. The van der Waals surface area contributed by atoms with E-state index in [4.69, 9.17) is 19.7 Å². The van der Waals surface area contributed by atoms with E-state index in [9.17, 15) is 4.79 Å². The lowest BCUT2D eigenvalue weighted by Gasteiger charge is -2.30. The lowest BCUT2D eigenvalue weighted by atomic mass is 9.95. The van der Waals surface area contributed by atoms with E-state index < -0.39 is 18.7 Å². The Morgan fingerprint density at radius 2 is 1.92 bits per heavy atom. The standard InChI is InChI=1S/C19H25NO4/c1-13-11-16-17(23-10-9-22-16)12-15(13)14-5-7-20(8-6-14)18(21)24-19(2,3)4/h5,11-12H,6-10H2,1-4H3/i9D2,10D2. The van der Waals surface area contributed by atoms with Crippen LogP contribution in [-0.4, -0.2) is 42.8 Å². The number of carbonyl (C=O) groups is 1. The number of rotatable bonds is 1. The van der Waals surface area contributed by atoms with Crippen LogP contribution in [0.2, 0.25) is 0 Å². The van der Waals surface area contributed by atoms with Crippen molar-refractivity contribution in [2.75, 3.05) is 26.2 Å². The fourth-order valence-corrected chi connectivity index (χ4v) is 2.72. The minimum Gasteiger partial charge on any atom is -0.486 e. The van der Waals surface area contributed by atoms with E-state index in [0.717, 1.165) is 16.7 Å². The zero-order valence-electron chi connectivity index (χ0n) is 18.4. The Morgan fingerprint density at radius 3 is 2.50 bits per heavy atom. The van der Waals surface area contributed by atoms with Gasteiger partial charge in [0.15, 0.2) is 11.5 Å². The molecule has 0 saturated carbocycles.